The molecule has 0 saturated carbocycles. The van der Waals surface area contributed by atoms with E-state index in [4.69, 9.17) is 11.6 Å². The summed E-state index contributed by atoms with van der Waals surface area (Å²) in [5.74, 6) is 0.0835. The molecule has 1 heterocycles. The Hall–Kier alpha value is -0.590. The molecule has 0 spiro atoms. The van der Waals surface area contributed by atoms with Gasteiger partial charge < -0.3 is 0 Å². The van der Waals surface area contributed by atoms with E-state index in [0.29, 0.717) is 24.5 Å². The van der Waals surface area contributed by atoms with E-state index in [-0.39, 0.29) is 10.8 Å². The van der Waals surface area contributed by atoms with Crippen LogP contribution < -0.4 is 0 Å². The van der Waals surface area contributed by atoms with Crippen LogP contribution in [-0.4, -0.2) is 36.0 Å². The SMILES string of the molecule is CCN(CC)S(=O)(=O)c1c(CCl)n[nH]c1C. The van der Waals surface area contributed by atoms with Crippen LogP contribution in [-0.2, 0) is 15.9 Å². The molecule has 92 valence electrons. The Kier molecular flexibility index (Phi) is 4.35. The summed E-state index contributed by atoms with van der Waals surface area (Å²) in [5.41, 5.74) is 0.911. The summed E-state index contributed by atoms with van der Waals surface area (Å²) in [6.07, 6.45) is 0. The van der Waals surface area contributed by atoms with E-state index < -0.39 is 10.0 Å². The van der Waals surface area contributed by atoms with E-state index in [2.05, 4.69) is 10.2 Å². The minimum Gasteiger partial charge on any atom is -0.281 e. The molecule has 0 radical (unpaired) electrons. The molecule has 0 amide bonds. The normalized spacial score (nSPS) is 12.3. The van der Waals surface area contributed by atoms with Crippen molar-refractivity contribution in [1.82, 2.24) is 14.5 Å². The lowest BCUT2D eigenvalue weighted by Crippen LogP contribution is -2.31. The Morgan fingerprint density at radius 2 is 1.94 bits per heavy atom. The molecule has 1 aromatic heterocycles. The van der Waals surface area contributed by atoms with Gasteiger partial charge in [0.05, 0.1) is 17.3 Å². The van der Waals surface area contributed by atoms with Crippen molar-refractivity contribution in [2.45, 2.75) is 31.5 Å². The molecule has 0 unspecified atom stereocenters. The van der Waals surface area contributed by atoms with Crippen molar-refractivity contribution in [1.29, 1.82) is 0 Å². The first kappa shape index (κ1) is 13.5. The molecule has 0 aliphatic carbocycles. The smallest absolute Gasteiger partial charge is 0.246 e. The lowest BCUT2D eigenvalue weighted by molar-refractivity contribution is 0.444. The van der Waals surface area contributed by atoms with E-state index in [1.165, 1.54) is 4.31 Å². The van der Waals surface area contributed by atoms with Gasteiger partial charge in [-0.1, -0.05) is 13.8 Å². The third-order valence-electron chi connectivity index (χ3n) is 2.39. The lowest BCUT2D eigenvalue weighted by Gasteiger charge is -2.18. The van der Waals surface area contributed by atoms with Crippen molar-refractivity contribution in [2.24, 2.45) is 0 Å². The van der Waals surface area contributed by atoms with Crippen molar-refractivity contribution in [3.63, 3.8) is 0 Å². The summed E-state index contributed by atoms with van der Waals surface area (Å²) >= 11 is 5.68. The van der Waals surface area contributed by atoms with Gasteiger partial charge in [0.2, 0.25) is 10.0 Å². The Labute approximate surface area is 101 Å². The lowest BCUT2D eigenvalue weighted by atomic mass is 10.4. The maximum absolute atomic E-state index is 12.3. The topological polar surface area (TPSA) is 66.1 Å². The third-order valence-corrected chi connectivity index (χ3v) is 4.90. The second-order valence-corrected chi connectivity index (χ2v) is 5.49. The van der Waals surface area contributed by atoms with Crippen molar-refractivity contribution in [3.05, 3.63) is 11.4 Å². The van der Waals surface area contributed by atoms with Crippen LogP contribution in [0.5, 0.6) is 0 Å². The zero-order valence-corrected chi connectivity index (χ0v) is 11.2. The number of nitrogens with zero attached hydrogens (tertiary/aromatic N) is 2. The van der Waals surface area contributed by atoms with Gasteiger partial charge in [-0.15, -0.1) is 11.6 Å². The summed E-state index contributed by atoms with van der Waals surface area (Å²) in [6, 6.07) is 0. The maximum atomic E-state index is 12.3. The molecular weight excluding hydrogens is 250 g/mol. The molecule has 0 aliphatic heterocycles. The van der Waals surface area contributed by atoms with Crippen LogP contribution in [0.2, 0.25) is 0 Å². The molecule has 5 nitrogen and oxygen atoms in total. The molecular formula is C9H16ClN3O2S. The monoisotopic (exact) mass is 265 g/mol. The van der Waals surface area contributed by atoms with Crippen LogP contribution in [0.25, 0.3) is 0 Å². The number of rotatable bonds is 5. The van der Waals surface area contributed by atoms with Crippen LogP contribution in [0, 0.1) is 6.92 Å². The number of aromatic nitrogens is 2. The van der Waals surface area contributed by atoms with Crippen molar-refractivity contribution < 1.29 is 8.42 Å². The first-order valence-electron chi connectivity index (χ1n) is 5.08. The highest BCUT2D eigenvalue weighted by Crippen LogP contribution is 2.22. The average molecular weight is 266 g/mol. The number of hydrogen-bond acceptors (Lipinski definition) is 3. The second kappa shape index (κ2) is 5.16. The minimum absolute atomic E-state index is 0.0835. The summed E-state index contributed by atoms with van der Waals surface area (Å²) in [6.45, 7) is 6.16. The van der Waals surface area contributed by atoms with Crippen LogP contribution >= 0.6 is 11.6 Å². The van der Waals surface area contributed by atoms with Crippen molar-refractivity contribution >= 4 is 21.6 Å². The summed E-state index contributed by atoms with van der Waals surface area (Å²) in [7, 11) is -3.48. The van der Waals surface area contributed by atoms with Gasteiger partial charge in [-0.25, -0.2) is 8.42 Å². The number of nitrogens with one attached hydrogen (secondary N) is 1. The number of aryl methyl sites for hydroxylation is 1. The summed E-state index contributed by atoms with van der Waals surface area (Å²) < 4.78 is 25.9. The number of aromatic amines is 1. The van der Waals surface area contributed by atoms with Crippen LogP contribution in [0.3, 0.4) is 0 Å². The van der Waals surface area contributed by atoms with E-state index >= 15 is 0 Å². The van der Waals surface area contributed by atoms with Gasteiger partial charge in [0, 0.05) is 13.1 Å². The first-order chi connectivity index (χ1) is 7.48. The molecule has 0 aliphatic rings. The number of alkyl halides is 1. The Morgan fingerprint density at radius 1 is 1.38 bits per heavy atom. The predicted octanol–water partition coefficient (Wildman–Crippen LogP) is 1.49. The third kappa shape index (κ3) is 2.23. The minimum atomic E-state index is -3.48. The first-order valence-corrected chi connectivity index (χ1v) is 7.06. The molecule has 0 aromatic carbocycles. The Balaban J connectivity index is 3.31. The quantitative estimate of drug-likeness (QED) is 0.821. The fraction of sp³-hybridized carbons (Fsp3) is 0.667. The highest BCUT2D eigenvalue weighted by molar-refractivity contribution is 7.89. The number of H-pyrrole nitrogens is 1. The number of halogens is 1. The van der Waals surface area contributed by atoms with Crippen LogP contribution in [0.4, 0.5) is 0 Å². The Morgan fingerprint density at radius 3 is 2.38 bits per heavy atom. The van der Waals surface area contributed by atoms with E-state index in [9.17, 15) is 8.42 Å². The average Bonchev–Trinajstić information content (AvgIpc) is 2.61. The van der Waals surface area contributed by atoms with Gasteiger partial charge in [-0.3, -0.25) is 5.10 Å². The van der Waals surface area contributed by atoms with Gasteiger partial charge in [0.1, 0.15) is 4.90 Å². The zero-order chi connectivity index (χ0) is 12.3. The number of sulfonamides is 1. The standard InChI is InChI=1S/C9H16ClN3O2S/c1-4-13(5-2)16(14,15)9-7(3)11-12-8(9)6-10/h4-6H2,1-3H3,(H,11,12). The molecule has 7 heteroatoms. The predicted molar refractivity (Wildman–Crippen MR) is 63.0 cm³/mol. The van der Waals surface area contributed by atoms with Crippen molar-refractivity contribution in [2.75, 3.05) is 13.1 Å². The highest BCUT2D eigenvalue weighted by atomic mass is 35.5. The molecule has 0 fully saturated rings. The molecule has 0 saturated heterocycles. The van der Waals surface area contributed by atoms with E-state index in [1.807, 2.05) is 0 Å². The molecule has 0 atom stereocenters. The fourth-order valence-corrected chi connectivity index (χ4v) is 3.65. The maximum Gasteiger partial charge on any atom is 0.246 e. The molecule has 0 bridgehead atoms. The molecule has 1 N–H and O–H groups in total. The summed E-state index contributed by atoms with van der Waals surface area (Å²) in [4.78, 5) is 0.214. The zero-order valence-electron chi connectivity index (χ0n) is 9.62. The summed E-state index contributed by atoms with van der Waals surface area (Å²) in [5, 5.41) is 6.55. The fourth-order valence-electron chi connectivity index (χ4n) is 1.59. The highest BCUT2D eigenvalue weighted by Gasteiger charge is 2.28. The molecule has 1 rings (SSSR count). The van der Waals surface area contributed by atoms with Gasteiger partial charge >= 0.3 is 0 Å². The van der Waals surface area contributed by atoms with Gasteiger partial charge in [0.15, 0.2) is 0 Å². The van der Waals surface area contributed by atoms with Gasteiger partial charge in [-0.2, -0.15) is 9.40 Å². The van der Waals surface area contributed by atoms with Gasteiger partial charge in [-0.05, 0) is 6.92 Å². The largest absolute Gasteiger partial charge is 0.281 e. The van der Waals surface area contributed by atoms with Crippen LogP contribution in [0.1, 0.15) is 25.2 Å². The van der Waals surface area contributed by atoms with Crippen molar-refractivity contribution in [3.8, 4) is 0 Å². The molecule has 1 aromatic rings. The molecule has 16 heavy (non-hydrogen) atoms. The van der Waals surface area contributed by atoms with Crippen LogP contribution in [0.15, 0.2) is 4.90 Å². The van der Waals surface area contributed by atoms with E-state index in [1.54, 1.807) is 20.8 Å². The van der Waals surface area contributed by atoms with Gasteiger partial charge in [0.25, 0.3) is 0 Å². The number of hydrogen-bond donors (Lipinski definition) is 1. The van der Waals surface area contributed by atoms with E-state index in [0.717, 1.165) is 0 Å². The second-order valence-electron chi connectivity index (χ2n) is 3.35. The Bertz CT molecular complexity index is 451.